The molecule has 502 valence electrons. The summed E-state index contributed by atoms with van der Waals surface area (Å²) in [5, 5.41) is 0. The predicted octanol–water partition coefficient (Wildman–Crippen LogP) is 19.2. The third-order valence-corrected chi connectivity index (χ3v) is 20.2. The second-order valence-corrected chi connectivity index (χ2v) is 28.4. The molecule has 0 radical (unpaired) electrons. The molecule has 0 N–H and O–H groups in total. The average Bonchev–Trinajstić information content (AvgIpc) is 0.987. The van der Waals surface area contributed by atoms with Gasteiger partial charge in [0.1, 0.15) is 12.3 Å². The molecule has 6 rings (SSSR count). The SMILES string of the molecule is CCCCOC(=O)C(C)C(C)C(CC(CC(CC)c1ccccc1)c1ccc(C[N+](C)(C)CCCCCC[N+](C)(C)[CH-]c2ccc(C(CC(CC)c3ccccc3)CC(c3ccc(OCOS(=O)[O-])cc3)C(C)C(C)C(=O)OCCCC)cc2)cc1)c1ccccc1. The zero-order valence-electron chi connectivity index (χ0n) is 58.2. The van der Waals surface area contributed by atoms with Crippen molar-refractivity contribution in [1.29, 1.82) is 0 Å². The summed E-state index contributed by atoms with van der Waals surface area (Å²) in [5.74, 6) is 1.19. The Bertz CT molecular complexity index is 3030. The molecule has 0 saturated carbocycles. The molecule has 6 aromatic carbocycles. The van der Waals surface area contributed by atoms with Crippen LogP contribution in [0.5, 0.6) is 5.75 Å². The Labute approximate surface area is 558 Å². The Morgan fingerprint density at radius 1 is 0.478 bits per heavy atom. The highest BCUT2D eigenvalue weighted by Crippen LogP contribution is 2.46. The minimum Gasteiger partial charge on any atom is -0.750 e. The van der Waals surface area contributed by atoms with Gasteiger partial charge < -0.3 is 27.7 Å². The summed E-state index contributed by atoms with van der Waals surface area (Å²) in [7, 11) is 9.38. The second kappa shape index (κ2) is 38.9. The molecule has 92 heavy (non-hydrogen) atoms. The van der Waals surface area contributed by atoms with Gasteiger partial charge in [0.2, 0.25) is 6.79 Å². The largest absolute Gasteiger partial charge is 0.750 e. The molecule has 0 fully saturated rings. The summed E-state index contributed by atoms with van der Waals surface area (Å²) >= 11 is -2.67. The molecule has 11 unspecified atom stereocenters. The minimum atomic E-state index is -2.67. The average molecular weight is 1280 g/mol. The first-order valence-corrected chi connectivity index (χ1v) is 35.9. The topological polar surface area (TPSA) is 111 Å². The summed E-state index contributed by atoms with van der Waals surface area (Å²) in [6, 6.07) is 59.4. The summed E-state index contributed by atoms with van der Waals surface area (Å²) < 4.78 is 45.6. The van der Waals surface area contributed by atoms with Crippen molar-refractivity contribution in [1.82, 2.24) is 0 Å². The van der Waals surface area contributed by atoms with Gasteiger partial charge in [-0.15, -0.1) is 17.7 Å². The highest BCUT2D eigenvalue weighted by molar-refractivity contribution is 7.74. The third-order valence-electron chi connectivity index (χ3n) is 19.9. The van der Waals surface area contributed by atoms with Crippen molar-refractivity contribution in [3.8, 4) is 5.75 Å². The van der Waals surface area contributed by atoms with Gasteiger partial charge in [0.05, 0.1) is 77.7 Å². The number of benzene rings is 6. The maximum Gasteiger partial charge on any atom is 0.308 e. The zero-order valence-corrected chi connectivity index (χ0v) is 59.0. The fourth-order valence-corrected chi connectivity index (χ4v) is 13.9. The van der Waals surface area contributed by atoms with E-state index in [0.29, 0.717) is 36.7 Å². The predicted molar refractivity (Wildman–Crippen MR) is 378 cm³/mol. The van der Waals surface area contributed by atoms with E-state index in [1.165, 1.54) is 58.2 Å². The Balaban J connectivity index is 1.08. The van der Waals surface area contributed by atoms with Crippen LogP contribution in [-0.4, -0.2) is 91.0 Å². The number of hydrogen-bond donors (Lipinski definition) is 0. The van der Waals surface area contributed by atoms with Gasteiger partial charge in [0.25, 0.3) is 0 Å². The number of rotatable bonds is 43. The maximum absolute atomic E-state index is 13.6. The smallest absolute Gasteiger partial charge is 0.308 e. The Hall–Kier alpha value is -6.08. The molecule has 0 amide bonds. The number of quaternary nitrogens is 2. The molecule has 6 aromatic rings. The van der Waals surface area contributed by atoms with E-state index in [1.54, 1.807) is 0 Å². The van der Waals surface area contributed by atoms with E-state index in [9.17, 15) is 18.4 Å². The lowest BCUT2D eigenvalue weighted by Gasteiger charge is -2.35. The molecule has 0 spiro atoms. The summed E-state index contributed by atoms with van der Waals surface area (Å²) in [6.07, 6.45) is 14.2. The van der Waals surface area contributed by atoms with Crippen molar-refractivity contribution in [3.63, 3.8) is 0 Å². The fourth-order valence-electron chi connectivity index (χ4n) is 13.7. The summed E-state index contributed by atoms with van der Waals surface area (Å²) in [4.78, 5) is 27.1. The molecule has 0 heterocycles. The first-order valence-electron chi connectivity index (χ1n) is 34.9. The van der Waals surface area contributed by atoms with Gasteiger partial charge in [-0.2, -0.15) is 12.1 Å². The van der Waals surface area contributed by atoms with Crippen LogP contribution in [0, 0.1) is 30.2 Å². The van der Waals surface area contributed by atoms with Crippen molar-refractivity contribution in [2.45, 2.75) is 187 Å². The quantitative estimate of drug-likeness (QED) is 0.00929. The van der Waals surface area contributed by atoms with Gasteiger partial charge in [-0.25, -0.2) is 4.21 Å². The summed E-state index contributed by atoms with van der Waals surface area (Å²) in [5.41, 5.74) is 10.4. The molecular weight excluding hydrogens is 1160 g/mol. The van der Waals surface area contributed by atoms with Crippen LogP contribution in [0.2, 0.25) is 0 Å². The fraction of sp³-hybridized carbons (Fsp3) is 0.519. The van der Waals surface area contributed by atoms with E-state index in [4.69, 9.17) is 14.2 Å². The van der Waals surface area contributed by atoms with Crippen LogP contribution in [-0.2, 0) is 41.2 Å². The normalized spacial score (nSPS) is 15.6. The first kappa shape index (κ1) is 75.0. The van der Waals surface area contributed by atoms with E-state index in [1.807, 2.05) is 31.2 Å². The number of esters is 2. The molecule has 0 saturated heterocycles. The highest BCUT2D eigenvalue weighted by atomic mass is 32.2. The van der Waals surface area contributed by atoms with E-state index >= 15 is 0 Å². The van der Waals surface area contributed by atoms with Crippen LogP contribution in [0.3, 0.4) is 0 Å². The van der Waals surface area contributed by atoms with Gasteiger partial charge in [-0.05, 0) is 171 Å². The molecule has 11 heteroatoms. The van der Waals surface area contributed by atoms with Gasteiger partial charge in [-0.3, -0.25) is 13.8 Å². The van der Waals surface area contributed by atoms with Gasteiger partial charge in [-0.1, -0.05) is 201 Å². The maximum atomic E-state index is 13.6. The lowest BCUT2D eigenvalue weighted by molar-refractivity contribution is -0.903. The van der Waals surface area contributed by atoms with Crippen LogP contribution in [0.25, 0.3) is 0 Å². The molecule has 10 nitrogen and oxygen atoms in total. The summed E-state index contributed by atoms with van der Waals surface area (Å²) in [6.45, 7) is 23.4. The van der Waals surface area contributed by atoms with Crippen LogP contribution in [0.1, 0.15) is 225 Å². The Kier molecular flexibility index (Phi) is 31.7. The molecular formula is C81H114N2O8S. The van der Waals surface area contributed by atoms with Crippen molar-refractivity contribution < 1.29 is 45.7 Å². The number of hydrogen-bond acceptors (Lipinski definition) is 8. The van der Waals surface area contributed by atoms with Gasteiger partial charge >= 0.3 is 11.9 Å². The van der Waals surface area contributed by atoms with E-state index in [0.717, 1.165) is 105 Å². The Morgan fingerprint density at radius 3 is 1.32 bits per heavy atom. The zero-order chi connectivity index (χ0) is 66.5. The lowest BCUT2D eigenvalue weighted by Crippen LogP contribution is -2.39. The molecule has 11 atom stereocenters. The van der Waals surface area contributed by atoms with E-state index < -0.39 is 18.2 Å². The number of carbonyl (C=O) groups is 2. The number of carbonyl (C=O) groups excluding carboxylic acids is 2. The molecule has 0 aliphatic rings. The van der Waals surface area contributed by atoms with Crippen LogP contribution in [0.15, 0.2) is 164 Å². The number of ether oxygens (including phenoxy) is 3. The van der Waals surface area contributed by atoms with Gasteiger partial charge in [0, 0.05) is 5.56 Å². The first-order chi connectivity index (χ1) is 44.2. The third kappa shape index (κ3) is 24.7. The molecule has 0 bridgehead atoms. The molecule has 0 aromatic heterocycles. The lowest BCUT2D eigenvalue weighted by atomic mass is 9.71. The van der Waals surface area contributed by atoms with E-state index in [2.05, 4.69) is 227 Å². The van der Waals surface area contributed by atoms with Crippen molar-refractivity contribution in [2.75, 3.05) is 61.3 Å². The monoisotopic (exact) mass is 1270 g/mol. The van der Waals surface area contributed by atoms with Crippen molar-refractivity contribution >= 4 is 23.3 Å². The number of nitrogens with zero attached hydrogens (tertiary/aromatic N) is 2. The number of unbranched alkanes of at least 4 members (excludes halogenated alkanes) is 5. The van der Waals surface area contributed by atoms with Crippen LogP contribution < -0.4 is 4.74 Å². The second-order valence-electron chi connectivity index (χ2n) is 27.8. The molecule has 0 aliphatic carbocycles. The van der Waals surface area contributed by atoms with Crippen LogP contribution >= 0.6 is 0 Å². The van der Waals surface area contributed by atoms with E-state index in [-0.39, 0.29) is 53.4 Å². The molecule has 0 aliphatic heterocycles. The minimum absolute atomic E-state index is 0.000102. The van der Waals surface area contributed by atoms with Crippen molar-refractivity contribution in [2.24, 2.45) is 23.7 Å². The standard InChI is InChI=1S/C81H114N2O8S/c1-13-17-52-88-80(84)63(7)61(5)78(73-36-28-23-29-37-73)56-75(54-67(15-3)69-32-24-21-25-33-69)71-42-38-65(39-43-71)58-82(9,10)50-30-19-20-31-51-83(11,12)59-66-40-44-72(45-41-66)76(55-68(16-4)70-34-26-22-27-35-70)57-79(62(6)64(8)81(85)89-53-18-14-2)74-46-48-77(49-47-74)90-60-91-92(86)87/h21-29,32-49,59,61-64,67-68,75-76,78-79H,13-20,30-31,50-58,60H2,1-12H3. The highest BCUT2D eigenvalue weighted by Gasteiger charge is 2.35. The van der Waals surface area contributed by atoms with Crippen molar-refractivity contribution in [3.05, 3.63) is 215 Å². The van der Waals surface area contributed by atoms with Crippen LogP contribution in [0.4, 0.5) is 0 Å². The van der Waals surface area contributed by atoms with Gasteiger partial charge in [0.15, 0.2) is 0 Å². The Morgan fingerprint density at radius 2 is 0.880 bits per heavy atom.